The molecule has 108 valence electrons. The second-order valence-electron chi connectivity index (χ2n) is 3.45. The van der Waals surface area contributed by atoms with Crippen molar-refractivity contribution in [2.45, 2.75) is 0 Å². The summed E-state index contributed by atoms with van der Waals surface area (Å²) >= 11 is 1.98. The average molecular weight is 393 g/mol. The predicted octanol–water partition coefficient (Wildman–Crippen LogP) is 0.765. The highest BCUT2D eigenvalue weighted by atomic mass is 127. The number of methoxy groups -OCH3 is 1. The van der Waals surface area contributed by atoms with Crippen molar-refractivity contribution in [1.29, 1.82) is 0 Å². The number of hydrazone groups is 1. The van der Waals surface area contributed by atoms with E-state index in [2.05, 4.69) is 10.5 Å². The lowest BCUT2D eigenvalue weighted by atomic mass is 10.2. The molecule has 0 aromatic heterocycles. The normalized spacial score (nSPS) is 10.3. The summed E-state index contributed by atoms with van der Waals surface area (Å²) in [6.45, 7) is -0.469. The number of hydrogen-bond donors (Lipinski definition) is 3. The number of nitrogens with zero attached hydrogens (tertiary/aromatic N) is 1. The maximum absolute atomic E-state index is 10.5. The van der Waals surface area contributed by atoms with Crippen LogP contribution in [-0.4, -0.2) is 37.0 Å². The fourth-order valence-electron chi connectivity index (χ4n) is 1.26. The van der Waals surface area contributed by atoms with E-state index in [1.54, 1.807) is 12.1 Å². The minimum atomic E-state index is -1.08. The van der Waals surface area contributed by atoms with Crippen molar-refractivity contribution in [3.05, 3.63) is 21.3 Å². The molecule has 0 spiro atoms. The summed E-state index contributed by atoms with van der Waals surface area (Å²) in [5.41, 5.74) is 7.56. The molecular weight excluding hydrogens is 381 g/mol. The third kappa shape index (κ3) is 4.91. The molecule has 0 unspecified atom stereocenters. The van der Waals surface area contributed by atoms with E-state index in [0.29, 0.717) is 20.6 Å². The van der Waals surface area contributed by atoms with Crippen LogP contribution in [0.4, 0.5) is 4.79 Å². The molecule has 0 aliphatic carbocycles. The van der Waals surface area contributed by atoms with Crippen molar-refractivity contribution in [1.82, 2.24) is 5.43 Å². The SMILES string of the molecule is COc1cc(/C=N/NC(N)=O)cc(I)c1OCC(=O)O. The molecule has 4 N–H and O–H groups in total. The fourth-order valence-corrected chi connectivity index (χ4v) is 2.04. The first kappa shape index (κ1) is 16.0. The van der Waals surface area contributed by atoms with E-state index >= 15 is 0 Å². The Morgan fingerprint density at radius 1 is 1.55 bits per heavy atom. The fraction of sp³-hybridized carbons (Fsp3) is 0.182. The molecule has 0 atom stereocenters. The zero-order chi connectivity index (χ0) is 15.1. The minimum Gasteiger partial charge on any atom is -0.493 e. The lowest BCUT2D eigenvalue weighted by Crippen LogP contribution is -2.24. The van der Waals surface area contributed by atoms with Crippen molar-refractivity contribution in [2.75, 3.05) is 13.7 Å². The molecule has 20 heavy (non-hydrogen) atoms. The number of carbonyl (C=O) groups is 2. The number of nitrogens with two attached hydrogens (primary N) is 1. The van der Waals surface area contributed by atoms with Gasteiger partial charge in [0.25, 0.3) is 0 Å². The van der Waals surface area contributed by atoms with E-state index in [1.165, 1.54) is 13.3 Å². The molecule has 9 heteroatoms. The van der Waals surface area contributed by atoms with Gasteiger partial charge >= 0.3 is 12.0 Å². The highest BCUT2D eigenvalue weighted by Crippen LogP contribution is 2.33. The van der Waals surface area contributed by atoms with Crippen LogP contribution in [0.5, 0.6) is 11.5 Å². The number of benzene rings is 1. The van der Waals surface area contributed by atoms with Gasteiger partial charge in [0.2, 0.25) is 0 Å². The third-order valence-electron chi connectivity index (χ3n) is 1.98. The first-order chi connectivity index (χ1) is 9.43. The smallest absolute Gasteiger partial charge is 0.341 e. The third-order valence-corrected chi connectivity index (χ3v) is 2.78. The molecule has 0 aliphatic rings. The van der Waals surface area contributed by atoms with Gasteiger partial charge in [0, 0.05) is 0 Å². The number of amides is 2. The van der Waals surface area contributed by atoms with Gasteiger partial charge < -0.3 is 20.3 Å². The van der Waals surface area contributed by atoms with E-state index in [0.717, 1.165) is 0 Å². The Labute approximate surface area is 128 Å². The van der Waals surface area contributed by atoms with Crippen molar-refractivity contribution >= 4 is 40.8 Å². The molecule has 2 amide bonds. The Bertz CT molecular complexity index is 547. The Hall–Kier alpha value is -2.04. The highest BCUT2D eigenvalue weighted by Gasteiger charge is 2.12. The molecular formula is C11H12IN3O5. The molecule has 0 bridgehead atoms. The van der Waals surface area contributed by atoms with E-state index in [1.807, 2.05) is 22.6 Å². The molecule has 0 aliphatic heterocycles. The van der Waals surface area contributed by atoms with Crippen LogP contribution >= 0.6 is 22.6 Å². The molecule has 0 saturated carbocycles. The number of aliphatic carboxylic acids is 1. The van der Waals surface area contributed by atoms with Crippen LogP contribution in [0.3, 0.4) is 0 Å². The summed E-state index contributed by atoms with van der Waals surface area (Å²) in [6.07, 6.45) is 1.37. The van der Waals surface area contributed by atoms with Gasteiger partial charge in [-0.3, -0.25) is 0 Å². The van der Waals surface area contributed by atoms with E-state index in [-0.39, 0.29) is 0 Å². The van der Waals surface area contributed by atoms with Gasteiger partial charge in [0.05, 0.1) is 16.9 Å². The van der Waals surface area contributed by atoms with Gasteiger partial charge in [-0.05, 0) is 40.3 Å². The van der Waals surface area contributed by atoms with Gasteiger partial charge in [-0.15, -0.1) is 0 Å². The van der Waals surface area contributed by atoms with Crippen LogP contribution in [0, 0.1) is 3.57 Å². The van der Waals surface area contributed by atoms with Crippen molar-refractivity contribution < 1.29 is 24.2 Å². The predicted molar refractivity (Wildman–Crippen MR) is 79.2 cm³/mol. The number of urea groups is 1. The molecule has 1 rings (SSSR count). The Morgan fingerprint density at radius 2 is 2.25 bits per heavy atom. The zero-order valence-electron chi connectivity index (χ0n) is 10.4. The summed E-state index contributed by atoms with van der Waals surface area (Å²) < 4.78 is 10.9. The summed E-state index contributed by atoms with van der Waals surface area (Å²) in [4.78, 5) is 21.0. The number of carboxylic acid groups (broad SMARTS) is 1. The van der Waals surface area contributed by atoms with Gasteiger partial charge in [0.15, 0.2) is 18.1 Å². The number of nitrogens with one attached hydrogen (secondary N) is 1. The summed E-state index contributed by atoms with van der Waals surface area (Å²) in [6, 6.07) is 2.50. The van der Waals surface area contributed by atoms with E-state index in [4.69, 9.17) is 20.3 Å². The Morgan fingerprint density at radius 3 is 2.80 bits per heavy atom. The van der Waals surface area contributed by atoms with Crippen LogP contribution < -0.4 is 20.6 Å². The van der Waals surface area contributed by atoms with Crippen LogP contribution in [-0.2, 0) is 4.79 Å². The van der Waals surface area contributed by atoms with E-state index in [9.17, 15) is 9.59 Å². The molecule has 0 radical (unpaired) electrons. The number of primary amides is 1. The molecule has 8 nitrogen and oxygen atoms in total. The first-order valence-corrected chi connectivity index (χ1v) is 6.32. The minimum absolute atomic E-state index is 0.329. The van der Waals surface area contributed by atoms with Crippen LogP contribution in [0.15, 0.2) is 17.2 Å². The highest BCUT2D eigenvalue weighted by molar-refractivity contribution is 14.1. The van der Waals surface area contributed by atoms with Gasteiger partial charge in [-0.25, -0.2) is 15.0 Å². The number of rotatable bonds is 6. The second-order valence-corrected chi connectivity index (χ2v) is 4.61. The molecule has 1 aromatic rings. The number of hydrogen-bond acceptors (Lipinski definition) is 5. The first-order valence-electron chi connectivity index (χ1n) is 5.24. The largest absolute Gasteiger partial charge is 0.493 e. The summed E-state index contributed by atoms with van der Waals surface area (Å²) in [5, 5.41) is 12.2. The van der Waals surface area contributed by atoms with Gasteiger partial charge in [-0.2, -0.15) is 5.10 Å². The molecule has 0 fully saturated rings. The van der Waals surface area contributed by atoms with E-state index < -0.39 is 18.6 Å². The monoisotopic (exact) mass is 393 g/mol. The molecule has 0 heterocycles. The second kappa shape index (κ2) is 7.53. The number of carboxylic acids is 1. The average Bonchev–Trinajstić information content (AvgIpc) is 2.36. The van der Waals surface area contributed by atoms with Crippen LogP contribution in [0.1, 0.15) is 5.56 Å². The van der Waals surface area contributed by atoms with Crippen LogP contribution in [0.2, 0.25) is 0 Å². The zero-order valence-corrected chi connectivity index (χ0v) is 12.6. The quantitative estimate of drug-likeness (QED) is 0.374. The number of carbonyl (C=O) groups excluding carboxylic acids is 1. The maximum Gasteiger partial charge on any atom is 0.341 e. The van der Waals surface area contributed by atoms with Crippen molar-refractivity contribution in [3.8, 4) is 11.5 Å². The van der Waals surface area contributed by atoms with Gasteiger partial charge in [-0.1, -0.05) is 0 Å². The number of ether oxygens (including phenoxy) is 2. The topological polar surface area (TPSA) is 123 Å². The standard InChI is InChI=1S/C11H12IN3O5/c1-19-8-3-6(4-14-15-11(13)18)2-7(12)10(8)20-5-9(16)17/h2-4H,5H2,1H3,(H,16,17)(H3,13,15,18)/b14-4+. The Balaban J connectivity index is 2.97. The lowest BCUT2D eigenvalue weighted by molar-refractivity contribution is -0.139. The summed E-state index contributed by atoms with van der Waals surface area (Å²) in [5.74, 6) is -0.395. The summed E-state index contributed by atoms with van der Waals surface area (Å²) in [7, 11) is 1.43. The maximum atomic E-state index is 10.5. The van der Waals surface area contributed by atoms with Crippen LogP contribution in [0.25, 0.3) is 0 Å². The molecule has 1 aromatic carbocycles. The van der Waals surface area contributed by atoms with Gasteiger partial charge in [0.1, 0.15) is 0 Å². The molecule has 0 saturated heterocycles. The Kier molecular flexibility index (Phi) is 6.03. The van der Waals surface area contributed by atoms with Crippen molar-refractivity contribution in [2.24, 2.45) is 10.8 Å². The lowest BCUT2D eigenvalue weighted by Gasteiger charge is -2.12. The number of halogens is 1. The van der Waals surface area contributed by atoms with Crippen molar-refractivity contribution in [3.63, 3.8) is 0 Å².